The predicted molar refractivity (Wildman–Crippen MR) is 73.6 cm³/mol. The zero-order valence-electron chi connectivity index (χ0n) is 11.0. The molecule has 18 heavy (non-hydrogen) atoms. The van der Waals surface area contributed by atoms with Crippen LogP contribution in [-0.2, 0) is 0 Å². The van der Waals surface area contributed by atoms with Gasteiger partial charge in [-0.25, -0.2) is 0 Å². The average Bonchev–Trinajstić information content (AvgIpc) is 2.89. The van der Waals surface area contributed by atoms with Crippen LogP contribution in [0.4, 0.5) is 0 Å². The molecular formula is C16H23NO. The van der Waals surface area contributed by atoms with Crippen molar-refractivity contribution in [1.29, 1.82) is 0 Å². The largest absolute Gasteiger partial charge is 0.393 e. The van der Waals surface area contributed by atoms with Crippen molar-refractivity contribution in [1.82, 2.24) is 4.90 Å². The van der Waals surface area contributed by atoms with Crippen molar-refractivity contribution in [2.75, 3.05) is 13.1 Å². The molecule has 2 fully saturated rings. The minimum atomic E-state index is -0.0560. The second-order valence-electron chi connectivity index (χ2n) is 5.87. The molecule has 3 atom stereocenters. The Morgan fingerprint density at radius 3 is 2.67 bits per heavy atom. The molecule has 2 aliphatic rings. The number of benzene rings is 1. The summed E-state index contributed by atoms with van der Waals surface area (Å²) in [5.41, 5.74) is 1.48. The fraction of sp³-hybridized carbons (Fsp3) is 0.625. The number of likely N-dealkylation sites (tertiary alicyclic amines) is 1. The minimum Gasteiger partial charge on any atom is -0.393 e. The zero-order chi connectivity index (χ0) is 12.4. The molecule has 1 aromatic rings. The summed E-state index contributed by atoms with van der Waals surface area (Å²) >= 11 is 0. The van der Waals surface area contributed by atoms with Crippen LogP contribution in [0.2, 0.25) is 0 Å². The van der Waals surface area contributed by atoms with E-state index < -0.39 is 0 Å². The van der Waals surface area contributed by atoms with Gasteiger partial charge >= 0.3 is 0 Å². The van der Waals surface area contributed by atoms with E-state index in [9.17, 15) is 5.11 Å². The molecule has 1 heterocycles. The lowest BCUT2D eigenvalue weighted by Crippen LogP contribution is -2.38. The van der Waals surface area contributed by atoms with E-state index in [0.717, 1.165) is 12.8 Å². The van der Waals surface area contributed by atoms with Gasteiger partial charge < -0.3 is 5.11 Å². The van der Waals surface area contributed by atoms with Crippen molar-refractivity contribution in [3.63, 3.8) is 0 Å². The predicted octanol–water partition coefficient (Wildman–Crippen LogP) is 2.78. The highest BCUT2D eigenvalue weighted by Crippen LogP contribution is 2.32. The molecule has 1 aliphatic heterocycles. The van der Waals surface area contributed by atoms with Gasteiger partial charge in [-0.3, -0.25) is 4.90 Å². The van der Waals surface area contributed by atoms with E-state index in [1.165, 1.54) is 37.9 Å². The molecule has 2 nitrogen and oxygen atoms in total. The molecular weight excluding hydrogens is 222 g/mol. The van der Waals surface area contributed by atoms with Crippen molar-refractivity contribution < 1.29 is 5.11 Å². The highest BCUT2D eigenvalue weighted by Gasteiger charge is 2.31. The Morgan fingerprint density at radius 2 is 1.89 bits per heavy atom. The monoisotopic (exact) mass is 245 g/mol. The number of rotatable bonds is 2. The maximum atomic E-state index is 9.80. The standard InChI is InChI=1S/C16H23NO/c18-16-8-4-7-15(11-16)17-10-9-14(12-17)13-5-2-1-3-6-13/h1-3,5-6,14-16,18H,4,7-12H2. The first kappa shape index (κ1) is 12.2. The van der Waals surface area contributed by atoms with Crippen molar-refractivity contribution in [2.24, 2.45) is 0 Å². The Hall–Kier alpha value is -0.860. The zero-order valence-corrected chi connectivity index (χ0v) is 11.0. The van der Waals surface area contributed by atoms with Crippen LogP contribution in [0.25, 0.3) is 0 Å². The third-order valence-corrected chi connectivity index (χ3v) is 4.63. The summed E-state index contributed by atoms with van der Waals surface area (Å²) in [6.07, 6.45) is 5.68. The van der Waals surface area contributed by atoms with Gasteiger partial charge in [0.15, 0.2) is 0 Å². The van der Waals surface area contributed by atoms with Gasteiger partial charge in [0.1, 0.15) is 0 Å². The lowest BCUT2D eigenvalue weighted by Gasteiger charge is -2.33. The number of aliphatic hydroxyl groups excluding tert-OH is 1. The Balaban J connectivity index is 1.61. The van der Waals surface area contributed by atoms with Crippen molar-refractivity contribution >= 4 is 0 Å². The maximum Gasteiger partial charge on any atom is 0.0555 e. The van der Waals surface area contributed by atoms with Gasteiger partial charge in [-0.2, -0.15) is 0 Å². The fourth-order valence-corrected chi connectivity index (χ4v) is 3.59. The summed E-state index contributed by atoms with van der Waals surface area (Å²) in [6.45, 7) is 2.39. The molecule has 1 saturated carbocycles. The number of hydrogen-bond acceptors (Lipinski definition) is 2. The molecule has 3 rings (SSSR count). The number of nitrogens with zero attached hydrogens (tertiary/aromatic N) is 1. The van der Waals surface area contributed by atoms with Gasteiger partial charge in [-0.1, -0.05) is 30.3 Å². The number of aliphatic hydroxyl groups is 1. The van der Waals surface area contributed by atoms with Crippen LogP contribution in [0.1, 0.15) is 43.6 Å². The van der Waals surface area contributed by atoms with E-state index in [2.05, 4.69) is 35.2 Å². The Bertz CT molecular complexity index is 378. The van der Waals surface area contributed by atoms with Crippen LogP contribution in [0.3, 0.4) is 0 Å². The van der Waals surface area contributed by atoms with Gasteiger partial charge in [0.05, 0.1) is 6.10 Å². The van der Waals surface area contributed by atoms with E-state index in [4.69, 9.17) is 0 Å². The summed E-state index contributed by atoms with van der Waals surface area (Å²) < 4.78 is 0. The van der Waals surface area contributed by atoms with Crippen LogP contribution >= 0.6 is 0 Å². The van der Waals surface area contributed by atoms with Gasteiger partial charge in [0.25, 0.3) is 0 Å². The first-order valence-electron chi connectivity index (χ1n) is 7.30. The fourth-order valence-electron chi connectivity index (χ4n) is 3.59. The average molecular weight is 245 g/mol. The van der Waals surface area contributed by atoms with Gasteiger partial charge in [0.2, 0.25) is 0 Å². The van der Waals surface area contributed by atoms with E-state index in [1.807, 2.05) is 0 Å². The van der Waals surface area contributed by atoms with Crippen LogP contribution in [0, 0.1) is 0 Å². The molecule has 2 heteroatoms. The summed E-state index contributed by atoms with van der Waals surface area (Å²) in [5.74, 6) is 0.699. The summed E-state index contributed by atoms with van der Waals surface area (Å²) in [5, 5.41) is 9.80. The topological polar surface area (TPSA) is 23.5 Å². The van der Waals surface area contributed by atoms with Gasteiger partial charge in [-0.15, -0.1) is 0 Å². The van der Waals surface area contributed by atoms with E-state index in [0.29, 0.717) is 12.0 Å². The molecule has 1 aliphatic carbocycles. The summed E-state index contributed by atoms with van der Waals surface area (Å²) in [6, 6.07) is 11.5. The van der Waals surface area contributed by atoms with E-state index in [-0.39, 0.29) is 6.10 Å². The molecule has 0 radical (unpaired) electrons. The molecule has 98 valence electrons. The summed E-state index contributed by atoms with van der Waals surface area (Å²) in [4.78, 5) is 2.61. The quantitative estimate of drug-likeness (QED) is 0.866. The third-order valence-electron chi connectivity index (χ3n) is 4.63. The van der Waals surface area contributed by atoms with Crippen molar-refractivity contribution in [2.45, 2.75) is 50.2 Å². The first-order valence-corrected chi connectivity index (χ1v) is 7.30. The molecule has 0 amide bonds. The second kappa shape index (κ2) is 5.41. The normalized spacial score (nSPS) is 33.7. The van der Waals surface area contributed by atoms with Gasteiger partial charge in [-0.05, 0) is 50.1 Å². The second-order valence-corrected chi connectivity index (χ2v) is 5.87. The Morgan fingerprint density at radius 1 is 1.06 bits per heavy atom. The molecule has 0 aromatic heterocycles. The molecule has 1 aromatic carbocycles. The Labute approximate surface area is 110 Å². The van der Waals surface area contributed by atoms with Crippen molar-refractivity contribution in [3.8, 4) is 0 Å². The SMILES string of the molecule is OC1CCCC(N2CCC(c3ccccc3)C2)C1. The van der Waals surface area contributed by atoms with Crippen LogP contribution in [-0.4, -0.2) is 35.2 Å². The van der Waals surface area contributed by atoms with Crippen LogP contribution in [0.15, 0.2) is 30.3 Å². The first-order chi connectivity index (χ1) is 8.83. The Kier molecular flexibility index (Phi) is 3.67. The van der Waals surface area contributed by atoms with Crippen LogP contribution in [0.5, 0.6) is 0 Å². The van der Waals surface area contributed by atoms with E-state index >= 15 is 0 Å². The summed E-state index contributed by atoms with van der Waals surface area (Å²) in [7, 11) is 0. The third kappa shape index (κ3) is 2.60. The smallest absolute Gasteiger partial charge is 0.0555 e. The lowest BCUT2D eigenvalue weighted by molar-refractivity contribution is 0.0716. The lowest BCUT2D eigenvalue weighted by atomic mass is 9.92. The van der Waals surface area contributed by atoms with Crippen molar-refractivity contribution in [3.05, 3.63) is 35.9 Å². The van der Waals surface area contributed by atoms with Gasteiger partial charge in [0, 0.05) is 12.6 Å². The highest BCUT2D eigenvalue weighted by molar-refractivity contribution is 5.21. The molecule has 0 bridgehead atoms. The minimum absolute atomic E-state index is 0.0560. The molecule has 0 spiro atoms. The number of hydrogen-bond donors (Lipinski definition) is 1. The molecule has 3 unspecified atom stereocenters. The molecule has 1 N–H and O–H groups in total. The van der Waals surface area contributed by atoms with Crippen LogP contribution < -0.4 is 0 Å². The molecule has 1 saturated heterocycles. The highest BCUT2D eigenvalue weighted by atomic mass is 16.3. The van der Waals surface area contributed by atoms with E-state index in [1.54, 1.807) is 0 Å². The maximum absolute atomic E-state index is 9.80.